The average molecular weight is 322 g/mol. The number of thioether (sulfide) groups is 1. The Morgan fingerprint density at radius 1 is 1.41 bits per heavy atom. The van der Waals surface area contributed by atoms with Crippen LogP contribution in [0.1, 0.15) is 25.7 Å². The lowest BCUT2D eigenvalue weighted by Crippen LogP contribution is -2.33. The maximum Gasteiger partial charge on any atom is 0.220 e. The number of nitrogens with one attached hydrogen (secondary N) is 2. The molecule has 1 saturated heterocycles. The molecule has 22 heavy (non-hydrogen) atoms. The minimum absolute atomic E-state index is 0.157. The maximum absolute atomic E-state index is 11.8. The molecule has 1 aromatic rings. The summed E-state index contributed by atoms with van der Waals surface area (Å²) in [6.45, 7) is 3.05. The number of piperidine rings is 1. The molecular formula is C17H26N2O2S. The molecule has 0 aromatic heterocycles. The summed E-state index contributed by atoms with van der Waals surface area (Å²) >= 11 is 1.70. The Balaban J connectivity index is 1.55. The van der Waals surface area contributed by atoms with Crippen molar-refractivity contribution < 1.29 is 9.53 Å². The van der Waals surface area contributed by atoms with Gasteiger partial charge in [0.05, 0.1) is 7.11 Å². The highest BCUT2D eigenvalue weighted by atomic mass is 32.2. The summed E-state index contributed by atoms with van der Waals surface area (Å²) in [5.41, 5.74) is 0. The van der Waals surface area contributed by atoms with Gasteiger partial charge in [-0.1, -0.05) is 0 Å². The Kier molecular flexibility index (Phi) is 7.60. The van der Waals surface area contributed by atoms with Crippen LogP contribution >= 0.6 is 11.8 Å². The van der Waals surface area contributed by atoms with Crippen molar-refractivity contribution in [1.29, 1.82) is 0 Å². The van der Waals surface area contributed by atoms with Crippen LogP contribution < -0.4 is 15.4 Å². The third kappa shape index (κ3) is 6.28. The van der Waals surface area contributed by atoms with Crippen LogP contribution in [-0.4, -0.2) is 38.4 Å². The van der Waals surface area contributed by atoms with E-state index in [1.54, 1.807) is 18.9 Å². The first-order valence-corrected chi connectivity index (χ1v) is 9.01. The van der Waals surface area contributed by atoms with Crippen LogP contribution in [0.4, 0.5) is 0 Å². The molecule has 1 fully saturated rings. The van der Waals surface area contributed by atoms with Crippen molar-refractivity contribution in [3.63, 3.8) is 0 Å². The molecular weight excluding hydrogens is 296 g/mol. The van der Waals surface area contributed by atoms with Gasteiger partial charge in [-0.3, -0.25) is 4.79 Å². The van der Waals surface area contributed by atoms with Crippen LogP contribution in [-0.2, 0) is 4.79 Å². The van der Waals surface area contributed by atoms with E-state index >= 15 is 0 Å². The number of carbonyl (C=O) groups is 1. The van der Waals surface area contributed by atoms with Crippen LogP contribution in [0.15, 0.2) is 29.2 Å². The van der Waals surface area contributed by atoms with Crippen molar-refractivity contribution in [3.8, 4) is 5.75 Å². The zero-order valence-electron chi connectivity index (χ0n) is 13.3. The molecule has 1 unspecified atom stereocenters. The standard InChI is InChI=1S/C17H26N2O2S/c1-21-15-4-6-16(7-5-15)22-12-9-17(20)19-11-8-14-3-2-10-18-13-14/h4-7,14,18H,2-3,8-13H2,1H3,(H,19,20). The van der Waals surface area contributed by atoms with Gasteiger partial charge in [0.25, 0.3) is 0 Å². The molecule has 0 bridgehead atoms. The lowest BCUT2D eigenvalue weighted by Gasteiger charge is -2.22. The van der Waals surface area contributed by atoms with Gasteiger partial charge in [0.15, 0.2) is 0 Å². The van der Waals surface area contributed by atoms with Crippen molar-refractivity contribution >= 4 is 17.7 Å². The summed E-state index contributed by atoms with van der Waals surface area (Å²) in [5, 5.41) is 6.44. The lowest BCUT2D eigenvalue weighted by atomic mass is 9.96. The van der Waals surface area contributed by atoms with E-state index < -0.39 is 0 Å². The summed E-state index contributed by atoms with van der Waals surface area (Å²) in [6, 6.07) is 7.94. The van der Waals surface area contributed by atoms with Gasteiger partial charge in [0.1, 0.15) is 5.75 Å². The second-order valence-corrected chi connectivity index (χ2v) is 6.79. The average Bonchev–Trinajstić information content (AvgIpc) is 2.56. The molecule has 0 aliphatic carbocycles. The number of ether oxygens (including phenoxy) is 1. The molecule has 0 saturated carbocycles. The number of hydrogen-bond acceptors (Lipinski definition) is 4. The van der Waals surface area contributed by atoms with Crippen molar-refractivity contribution in [2.45, 2.75) is 30.6 Å². The minimum atomic E-state index is 0.157. The molecule has 0 spiro atoms. The zero-order valence-corrected chi connectivity index (χ0v) is 14.1. The highest BCUT2D eigenvalue weighted by Crippen LogP contribution is 2.21. The summed E-state index contributed by atoms with van der Waals surface area (Å²) in [7, 11) is 1.66. The molecule has 4 nitrogen and oxygen atoms in total. The second-order valence-electron chi connectivity index (χ2n) is 5.62. The highest BCUT2D eigenvalue weighted by Gasteiger charge is 2.12. The van der Waals surface area contributed by atoms with Crippen LogP contribution in [0, 0.1) is 5.92 Å². The van der Waals surface area contributed by atoms with Crippen molar-refractivity contribution in [3.05, 3.63) is 24.3 Å². The summed E-state index contributed by atoms with van der Waals surface area (Å²) in [5.74, 6) is 2.55. The topological polar surface area (TPSA) is 50.4 Å². The molecule has 1 amide bonds. The van der Waals surface area contributed by atoms with Crippen molar-refractivity contribution in [2.24, 2.45) is 5.92 Å². The van der Waals surface area contributed by atoms with Gasteiger partial charge in [0, 0.05) is 23.6 Å². The molecule has 1 aliphatic rings. The van der Waals surface area contributed by atoms with Gasteiger partial charge in [0.2, 0.25) is 5.91 Å². The van der Waals surface area contributed by atoms with E-state index in [-0.39, 0.29) is 5.91 Å². The number of amides is 1. The van der Waals surface area contributed by atoms with Gasteiger partial charge in [-0.05, 0) is 62.5 Å². The van der Waals surface area contributed by atoms with E-state index in [4.69, 9.17) is 4.74 Å². The summed E-state index contributed by atoms with van der Waals surface area (Å²) in [6.07, 6.45) is 4.21. The molecule has 1 atom stereocenters. The number of benzene rings is 1. The highest BCUT2D eigenvalue weighted by molar-refractivity contribution is 7.99. The Bertz CT molecular complexity index is 444. The normalized spacial score (nSPS) is 18.0. The first-order valence-electron chi connectivity index (χ1n) is 8.02. The quantitative estimate of drug-likeness (QED) is 0.723. The molecule has 2 rings (SSSR count). The van der Waals surface area contributed by atoms with E-state index in [0.29, 0.717) is 6.42 Å². The van der Waals surface area contributed by atoms with E-state index in [1.165, 1.54) is 17.7 Å². The fourth-order valence-corrected chi connectivity index (χ4v) is 3.46. The SMILES string of the molecule is COc1ccc(SCCC(=O)NCCC2CCCNC2)cc1. The van der Waals surface area contributed by atoms with E-state index in [0.717, 1.165) is 43.5 Å². The van der Waals surface area contributed by atoms with Gasteiger partial charge < -0.3 is 15.4 Å². The first-order chi connectivity index (χ1) is 10.8. The smallest absolute Gasteiger partial charge is 0.220 e. The number of rotatable bonds is 8. The van der Waals surface area contributed by atoms with Crippen LogP contribution in [0.3, 0.4) is 0 Å². The van der Waals surface area contributed by atoms with Gasteiger partial charge >= 0.3 is 0 Å². The third-order valence-electron chi connectivity index (χ3n) is 3.93. The second kappa shape index (κ2) is 9.74. The van der Waals surface area contributed by atoms with Crippen LogP contribution in [0.5, 0.6) is 5.75 Å². The Morgan fingerprint density at radius 2 is 2.23 bits per heavy atom. The summed E-state index contributed by atoms with van der Waals surface area (Å²) in [4.78, 5) is 13.0. The fourth-order valence-electron chi connectivity index (χ4n) is 2.61. The van der Waals surface area contributed by atoms with Gasteiger partial charge in [-0.25, -0.2) is 0 Å². The Hall–Kier alpha value is -1.20. The Morgan fingerprint density at radius 3 is 2.91 bits per heavy atom. The zero-order chi connectivity index (χ0) is 15.6. The first kappa shape index (κ1) is 17.2. The number of methoxy groups -OCH3 is 1. The molecule has 1 aliphatic heterocycles. The third-order valence-corrected chi connectivity index (χ3v) is 4.94. The predicted octanol–water partition coefficient (Wildman–Crippen LogP) is 2.68. The molecule has 0 radical (unpaired) electrons. The number of carbonyl (C=O) groups excluding carboxylic acids is 1. The molecule has 5 heteroatoms. The summed E-state index contributed by atoms with van der Waals surface area (Å²) < 4.78 is 5.13. The monoisotopic (exact) mass is 322 g/mol. The molecule has 2 N–H and O–H groups in total. The fraction of sp³-hybridized carbons (Fsp3) is 0.588. The minimum Gasteiger partial charge on any atom is -0.497 e. The molecule has 1 heterocycles. The van der Waals surface area contributed by atoms with E-state index in [9.17, 15) is 4.79 Å². The molecule has 1 aromatic carbocycles. The molecule has 122 valence electrons. The lowest BCUT2D eigenvalue weighted by molar-refractivity contribution is -0.120. The van der Waals surface area contributed by atoms with E-state index in [2.05, 4.69) is 10.6 Å². The van der Waals surface area contributed by atoms with E-state index in [1.807, 2.05) is 24.3 Å². The largest absolute Gasteiger partial charge is 0.497 e. The van der Waals surface area contributed by atoms with Gasteiger partial charge in [-0.2, -0.15) is 0 Å². The van der Waals surface area contributed by atoms with Crippen LogP contribution in [0.25, 0.3) is 0 Å². The Labute approximate surface area is 137 Å². The van der Waals surface area contributed by atoms with Crippen molar-refractivity contribution in [2.75, 3.05) is 32.5 Å². The van der Waals surface area contributed by atoms with Crippen LogP contribution in [0.2, 0.25) is 0 Å². The van der Waals surface area contributed by atoms with Gasteiger partial charge in [-0.15, -0.1) is 11.8 Å². The maximum atomic E-state index is 11.8. The van der Waals surface area contributed by atoms with Crippen molar-refractivity contribution in [1.82, 2.24) is 10.6 Å². The predicted molar refractivity (Wildman–Crippen MR) is 91.6 cm³/mol. The number of hydrogen-bond donors (Lipinski definition) is 2.